The van der Waals surface area contributed by atoms with E-state index in [0.29, 0.717) is 0 Å². The van der Waals surface area contributed by atoms with E-state index in [9.17, 15) is 14.4 Å². The molecule has 0 unspecified atom stereocenters. The highest BCUT2D eigenvalue weighted by atomic mass is 35.5. The number of rotatable bonds is 0. The lowest BCUT2D eigenvalue weighted by Gasteiger charge is -1.85. The molecule has 2 N–H and O–H groups in total. The second-order valence-corrected chi connectivity index (χ2v) is 1.81. The summed E-state index contributed by atoms with van der Waals surface area (Å²) in [7, 11) is 0. The molecule has 1 aromatic heterocycles. The van der Waals surface area contributed by atoms with E-state index in [0.717, 1.165) is 0 Å². The summed E-state index contributed by atoms with van der Waals surface area (Å²) in [6.45, 7) is 0. The first-order chi connectivity index (χ1) is 4.61. The zero-order valence-electron chi connectivity index (χ0n) is 4.96. The van der Waals surface area contributed by atoms with Crippen LogP contribution in [0.15, 0.2) is 14.4 Å². The van der Waals surface area contributed by atoms with Crippen LogP contribution in [-0.4, -0.2) is 14.1 Å². The van der Waals surface area contributed by atoms with Crippen LogP contribution in [0.25, 0.3) is 0 Å². The van der Waals surface area contributed by atoms with Gasteiger partial charge in [-0.2, -0.15) is 4.09 Å². The Balaban J connectivity index is 0.000001000. The molecule has 0 aromatic carbocycles. The van der Waals surface area contributed by atoms with Gasteiger partial charge in [0.15, 0.2) is 0 Å². The highest BCUT2D eigenvalue weighted by Gasteiger charge is 1.96. The molecule has 8 heteroatoms. The van der Waals surface area contributed by atoms with Gasteiger partial charge in [-0.3, -0.25) is 9.97 Å². The zero-order valence-corrected chi connectivity index (χ0v) is 6.53. The van der Waals surface area contributed by atoms with Crippen molar-refractivity contribution in [2.24, 2.45) is 0 Å². The first kappa shape index (κ1) is 9.99. The molecule has 0 fully saturated rings. The number of nitrogens with zero attached hydrogens (tertiary/aromatic N) is 1. The van der Waals surface area contributed by atoms with E-state index in [1.54, 1.807) is 9.97 Å². The van der Waals surface area contributed by atoms with E-state index in [1.165, 1.54) is 0 Å². The fraction of sp³-hybridized carbons (Fsp3) is 0. The lowest BCUT2D eigenvalue weighted by Crippen LogP contribution is -2.39. The Hall–Kier alpha value is -1.01. The van der Waals surface area contributed by atoms with E-state index in [-0.39, 0.29) is 16.5 Å². The van der Waals surface area contributed by atoms with Crippen LogP contribution < -0.4 is 17.1 Å². The van der Waals surface area contributed by atoms with Gasteiger partial charge in [-0.15, -0.1) is 12.4 Å². The number of aromatic amines is 2. The number of H-pyrrole nitrogens is 2. The van der Waals surface area contributed by atoms with Crippen LogP contribution in [0.4, 0.5) is 0 Å². The van der Waals surface area contributed by atoms with Crippen molar-refractivity contribution in [1.82, 2.24) is 14.1 Å². The zero-order chi connectivity index (χ0) is 7.72. The van der Waals surface area contributed by atoms with Gasteiger partial charge in [-0.25, -0.2) is 14.4 Å². The van der Waals surface area contributed by atoms with Gasteiger partial charge >= 0.3 is 17.1 Å². The smallest absolute Gasteiger partial charge is 0.258 e. The van der Waals surface area contributed by atoms with Crippen LogP contribution in [0.3, 0.4) is 0 Å². The number of halogens is 2. The van der Waals surface area contributed by atoms with Crippen LogP contribution >= 0.6 is 24.2 Å². The van der Waals surface area contributed by atoms with Crippen LogP contribution in [0.1, 0.15) is 0 Å². The number of aromatic nitrogens is 3. The van der Waals surface area contributed by atoms with Crippen molar-refractivity contribution >= 4 is 24.2 Å². The SMILES string of the molecule is Cl.O=c1[nH]c(=O)n(Cl)c(=O)[nH]1. The Bertz CT molecular complexity index is 367. The van der Waals surface area contributed by atoms with Gasteiger partial charge < -0.3 is 0 Å². The Kier molecular flexibility index (Phi) is 3.09. The van der Waals surface area contributed by atoms with Crippen LogP contribution in [0, 0.1) is 0 Å². The van der Waals surface area contributed by atoms with Crippen molar-refractivity contribution in [3.63, 3.8) is 0 Å². The maximum absolute atomic E-state index is 10.4. The third kappa shape index (κ3) is 1.95. The van der Waals surface area contributed by atoms with E-state index >= 15 is 0 Å². The van der Waals surface area contributed by atoms with Crippen LogP contribution in [0.5, 0.6) is 0 Å². The van der Waals surface area contributed by atoms with Crippen molar-refractivity contribution in [3.8, 4) is 0 Å². The second-order valence-electron chi connectivity index (χ2n) is 1.47. The van der Waals surface area contributed by atoms with Crippen molar-refractivity contribution < 1.29 is 0 Å². The fourth-order valence-electron chi connectivity index (χ4n) is 0.416. The molecule has 0 amide bonds. The van der Waals surface area contributed by atoms with Crippen molar-refractivity contribution in [1.29, 1.82) is 0 Å². The molecular weight excluding hydrogens is 197 g/mol. The maximum Gasteiger partial charge on any atom is 0.348 e. The van der Waals surface area contributed by atoms with E-state index in [4.69, 9.17) is 11.8 Å². The van der Waals surface area contributed by atoms with Crippen LogP contribution in [0.2, 0.25) is 0 Å². The highest BCUT2D eigenvalue weighted by Crippen LogP contribution is 1.62. The molecule has 6 nitrogen and oxygen atoms in total. The third-order valence-corrected chi connectivity index (χ3v) is 1.10. The van der Waals surface area contributed by atoms with Gasteiger partial charge in [-0.1, -0.05) is 0 Å². The summed E-state index contributed by atoms with van der Waals surface area (Å²) in [4.78, 5) is 34.6. The summed E-state index contributed by atoms with van der Waals surface area (Å²) < 4.78 is 0.238. The molecule has 0 saturated carbocycles. The molecule has 62 valence electrons. The summed E-state index contributed by atoms with van der Waals surface area (Å²) >= 11 is 5.04. The largest absolute Gasteiger partial charge is 0.348 e. The first-order valence-electron chi connectivity index (χ1n) is 2.23. The number of hydrogen-bond acceptors (Lipinski definition) is 3. The average molecular weight is 200 g/mol. The quantitative estimate of drug-likeness (QED) is 0.542. The Labute approximate surface area is 70.4 Å². The van der Waals surface area contributed by atoms with Gasteiger partial charge in [0.1, 0.15) is 0 Å². The standard InChI is InChI=1S/C3H2ClN3O3.ClH/c4-7-2(9)5-1(8)6-3(7)10;/h(H2,5,6,8,9,10);1H. The predicted molar refractivity (Wildman–Crippen MR) is 40.4 cm³/mol. The summed E-state index contributed by atoms with van der Waals surface area (Å²) in [5.41, 5.74) is -2.77. The van der Waals surface area contributed by atoms with Gasteiger partial charge in [0, 0.05) is 11.8 Å². The Morgan fingerprint density at radius 1 is 1.09 bits per heavy atom. The van der Waals surface area contributed by atoms with Gasteiger partial charge in [0.2, 0.25) is 0 Å². The van der Waals surface area contributed by atoms with Gasteiger partial charge in [0.05, 0.1) is 0 Å². The topological polar surface area (TPSA) is 87.7 Å². The molecule has 0 radical (unpaired) electrons. The molecule has 0 atom stereocenters. The van der Waals surface area contributed by atoms with Crippen molar-refractivity contribution in [2.75, 3.05) is 0 Å². The van der Waals surface area contributed by atoms with E-state index in [2.05, 4.69) is 0 Å². The van der Waals surface area contributed by atoms with Gasteiger partial charge in [-0.05, 0) is 0 Å². The predicted octanol–water partition coefficient (Wildman–Crippen LogP) is -1.35. The summed E-state index contributed by atoms with van der Waals surface area (Å²) in [5.74, 6) is 0. The maximum atomic E-state index is 10.4. The van der Waals surface area contributed by atoms with Crippen molar-refractivity contribution in [3.05, 3.63) is 31.5 Å². The third-order valence-electron chi connectivity index (χ3n) is 0.798. The summed E-state index contributed by atoms with van der Waals surface area (Å²) in [6, 6.07) is 0. The lowest BCUT2D eigenvalue weighted by atomic mass is 11.0. The molecular formula is C3H3Cl2N3O3. The molecule has 0 spiro atoms. The van der Waals surface area contributed by atoms with Gasteiger partial charge in [0.25, 0.3) is 0 Å². The van der Waals surface area contributed by atoms with Crippen molar-refractivity contribution in [2.45, 2.75) is 0 Å². The number of hydrogen-bond donors (Lipinski definition) is 2. The minimum Gasteiger partial charge on any atom is -0.258 e. The highest BCUT2D eigenvalue weighted by molar-refractivity contribution is 6.14. The molecule has 0 saturated heterocycles. The summed E-state index contributed by atoms with van der Waals surface area (Å²) in [5, 5.41) is 0. The van der Waals surface area contributed by atoms with Crippen LogP contribution in [-0.2, 0) is 0 Å². The normalized spacial score (nSPS) is 8.82. The minimum absolute atomic E-state index is 0. The lowest BCUT2D eigenvalue weighted by molar-refractivity contribution is 0.843. The second kappa shape index (κ2) is 3.40. The number of nitrogens with one attached hydrogen (secondary N) is 2. The average Bonchev–Trinajstić information content (AvgIpc) is 1.82. The Morgan fingerprint density at radius 2 is 1.45 bits per heavy atom. The molecule has 1 heterocycles. The summed E-state index contributed by atoms with van der Waals surface area (Å²) in [6.07, 6.45) is 0. The molecule has 0 aliphatic heterocycles. The fourth-order valence-corrected chi connectivity index (χ4v) is 0.500. The molecule has 0 aliphatic rings. The first-order valence-corrected chi connectivity index (χ1v) is 2.57. The molecule has 11 heavy (non-hydrogen) atoms. The molecule has 0 bridgehead atoms. The molecule has 1 aromatic rings. The molecule has 0 aliphatic carbocycles. The Morgan fingerprint density at radius 3 is 1.82 bits per heavy atom. The minimum atomic E-state index is -0.949. The van der Waals surface area contributed by atoms with E-state index in [1.807, 2.05) is 0 Å². The van der Waals surface area contributed by atoms with E-state index < -0.39 is 17.1 Å². The monoisotopic (exact) mass is 199 g/mol. The molecule has 1 rings (SSSR count).